The summed E-state index contributed by atoms with van der Waals surface area (Å²) in [4.78, 5) is 11.5. The molecule has 1 amide bonds. The summed E-state index contributed by atoms with van der Waals surface area (Å²) in [7, 11) is 0. The minimum absolute atomic E-state index is 0.154. The predicted octanol–water partition coefficient (Wildman–Crippen LogP) is 5.97. The Morgan fingerprint density at radius 3 is 2.54 bits per heavy atom. The van der Waals surface area contributed by atoms with E-state index < -0.39 is 0 Å². The van der Waals surface area contributed by atoms with Gasteiger partial charge in [-0.05, 0) is 30.3 Å². The highest BCUT2D eigenvalue weighted by molar-refractivity contribution is 6.36. The maximum absolute atomic E-state index is 11.5. The Morgan fingerprint density at radius 2 is 1.85 bits per heavy atom. The molecule has 8 heteroatoms. The molecule has 3 aromatic rings. The number of rotatable bonds is 5. The Morgan fingerprint density at radius 1 is 1.12 bits per heavy atom. The summed E-state index contributed by atoms with van der Waals surface area (Å²) in [6.07, 6.45) is 2.10. The van der Waals surface area contributed by atoms with E-state index in [0.717, 1.165) is 5.69 Å². The fraction of sp³-hybridized carbons (Fsp3) is 0.111. The lowest BCUT2D eigenvalue weighted by atomic mass is 10.3. The van der Waals surface area contributed by atoms with Crippen molar-refractivity contribution in [3.05, 3.63) is 63.7 Å². The second kappa shape index (κ2) is 7.99. The van der Waals surface area contributed by atoms with Crippen molar-refractivity contribution in [2.75, 3.05) is 5.32 Å². The number of hydrogen-bond acceptors (Lipinski definition) is 3. The van der Waals surface area contributed by atoms with Gasteiger partial charge >= 0.3 is 0 Å². The molecule has 0 radical (unpaired) electrons. The molecule has 134 valence electrons. The van der Waals surface area contributed by atoms with Gasteiger partial charge in [-0.3, -0.25) is 4.79 Å². The number of carbonyl (C=O) groups is 1. The van der Waals surface area contributed by atoms with Gasteiger partial charge in [-0.1, -0.05) is 41.7 Å². The maximum atomic E-state index is 11.5. The summed E-state index contributed by atoms with van der Waals surface area (Å²) in [6, 6.07) is 12.0. The Labute approximate surface area is 165 Å². The van der Waals surface area contributed by atoms with E-state index >= 15 is 0 Å². The number of aromatic nitrogens is 2. The molecule has 2 aromatic carbocycles. The number of halogens is 3. The van der Waals surface area contributed by atoms with Gasteiger partial charge in [0.05, 0.1) is 21.4 Å². The third kappa shape index (κ3) is 4.30. The quantitative estimate of drug-likeness (QED) is 0.563. The van der Waals surface area contributed by atoms with Gasteiger partial charge in [-0.15, -0.1) is 5.10 Å². The molecule has 0 aliphatic rings. The monoisotopic (exact) mass is 409 g/mol. The minimum atomic E-state index is -0.154. The number of anilines is 1. The Balaban J connectivity index is 1.80. The van der Waals surface area contributed by atoms with Crippen LogP contribution in [0.25, 0.3) is 5.69 Å². The van der Waals surface area contributed by atoms with Gasteiger partial charge in [0.15, 0.2) is 0 Å². The first-order valence-corrected chi connectivity index (χ1v) is 8.88. The average molecular weight is 411 g/mol. The van der Waals surface area contributed by atoms with E-state index in [1.54, 1.807) is 42.1 Å². The molecule has 26 heavy (non-hydrogen) atoms. The lowest BCUT2D eigenvalue weighted by Gasteiger charge is -2.10. The van der Waals surface area contributed by atoms with Crippen LogP contribution in [0.15, 0.2) is 48.7 Å². The van der Waals surface area contributed by atoms with Gasteiger partial charge < -0.3 is 10.1 Å². The van der Waals surface area contributed by atoms with Crippen LogP contribution in [0, 0.1) is 0 Å². The van der Waals surface area contributed by atoms with E-state index in [0.29, 0.717) is 38.8 Å². The third-order valence-electron chi connectivity index (χ3n) is 3.49. The zero-order valence-electron chi connectivity index (χ0n) is 13.7. The molecule has 3 rings (SSSR count). The minimum Gasteiger partial charge on any atom is -0.436 e. The summed E-state index contributed by atoms with van der Waals surface area (Å²) in [5.74, 6) is 0.536. The standard InChI is InChI=1S/C18H14Cl3N3O2/c1-2-17(25)22-15-9-14(21)16(10-13(15)20)26-18-7-8-24(23-18)12-5-3-11(19)4-6-12/h3-10H,2H2,1H3,(H,22,25). The van der Waals surface area contributed by atoms with Gasteiger partial charge in [0.25, 0.3) is 0 Å². The number of carbonyl (C=O) groups excluding carboxylic acids is 1. The van der Waals surface area contributed by atoms with E-state index in [4.69, 9.17) is 39.5 Å². The summed E-state index contributed by atoms with van der Waals surface area (Å²) in [5, 5.41) is 8.30. The van der Waals surface area contributed by atoms with E-state index in [-0.39, 0.29) is 5.91 Å². The second-order valence-electron chi connectivity index (χ2n) is 5.34. The van der Waals surface area contributed by atoms with Crippen LogP contribution in [0.1, 0.15) is 13.3 Å². The smallest absolute Gasteiger partial charge is 0.238 e. The normalized spacial score (nSPS) is 10.6. The third-order valence-corrected chi connectivity index (χ3v) is 4.35. The van der Waals surface area contributed by atoms with E-state index in [1.165, 1.54) is 6.07 Å². The summed E-state index contributed by atoms with van der Waals surface area (Å²) < 4.78 is 7.36. The number of ether oxygens (including phenoxy) is 1. The van der Waals surface area contributed by atoms with Crippen molar-refractivity contribution >= 4 is 46.4 Å². The number of nitrogens with one attached hydrogen (secondary N) is 1. The van der Waals surface area contributed by atoms with Crippen LogP contribution in [0.2, 0.25) is 15.1 Å². The van der Waals surface area contributed by atoms with E-state index in [2.05, 4.69) is 10.4 Å². The van der Waals surface area contributed by atoms with Gasteiger partial charge in [0, 0.05) is 29.8 Å². The Hall–Kier alpha value is -2.21. The number of benzene rings is 2. The maximum Gasteiger partial charge on any atom is 0.238 e. The van der Waals surface area contributed by atoms with Crippen LogP contribution in [-0.4, -0.2) is 15.7 Å². The van der Waals surface area contributed by atoms with Crippen molar-refractivity contribution in [3.8, 4) is 17.3 Å². The molecule has 5 nitrogen and oxygen atoms in total. The highest BCUT2D eigenvalue weighted by Crippen LogP contribution is 2.36. The summed E-state index contributed by atoms with van der Waals surface area (Å²) >= 11 is 18.3. The molecule has 0 bridgehead atoms. The summed E-state index contributed by atoms with van der Waals surface area (Å²) in [5.41, 5.74) is 1.27. The number of hydrogen-bond donors (Lipinski definition) is 1. The molecule has 0 aliphatic heterocycles. The SMILES string of the molecule is CCC(=O)Nc1cc(Cl)c(Oc2ccn(-c3ccc(Cl)cc3)n2)cc1Cl. The zero-order chi connectivity index (χ0) is 18.7. The summed E-state index contributed by atoms with van der Waals surface area (Å²) in [6.45, 7) is 1.75. The molecule has 0 aliphatic carbocycles. The average Bonchev–Trinajstić information content (AvgIpc) is 3.08. The molecule has 1 aromatic heterocycles. The lowest BCUT2D eigenvalue weighted by molar-refractivity contribution is -0.115. The highest BCUT2D eigenvalue weighted by atomic mass is 35.5. The number of amides is 1. The predicted molar refractivity (Wildman–Crippen MR) is 104 cm³/mol. The molecule has 0 unspecified atom stereocenters. The van der Waals surface area contributed by atoms with Gasteiger partial charge in [0.1, 0.15) is 5.75 Å². The van der Waals surface area contributed by atoms with Crippen molar-refractivity contribution in [1.29, 1.82) is 0 Å². The number of nitrogens with zero attached hydrogens (tertiary/aromatic N) is 2. The molecule has 0 saturated carbocycles. The van der Waals surface area contributed by atoms with Crippen LogP contribution < -0.4 is 10.1 Å². The zero-order valence-corrected chi connectivity index (χ0v) is 15.9. The molecule has 1 N–H and O–H groups in total. The fourth-order valence-corrected chi connectivity index (χ4v) is 2.68. The second-order valence-corrected chi connectivity index (χ2v) is 6.59. The van der Waals surface area contributed by atoms with Gasteiger partial charge in [0.2, 0.25) is 11.8 Å². The largest absolute Gasteiger partial charge is 0.436 e. The van der Waals surface area contributed by atoms with Crippen LogP contribution >= 0.6 is 34.8 Å². The van der Waals surface area contributed by atoms with Crippen LogP contribution in [0.5, 0.6) is 11.6 Å². The van der Waals surface area contributed by atoms with Crippen molar-refractivity contribution in [3.63, 3.8) is 0 Å². The van der Waals surface area contributed by atoms with Crippen molar-refractivity contribution in [2.24, 2.45) is 0 Å². The molecular formula is C18H14Cl3N3O2. The van der Waals surface area contributed by atoms with Crippen molar-refractivity contribution in [2.45, 2.75) is 13.3 Å². The first-order valence-electron chi connectivity index (χ1n) is 7.74. The molecule has 0 saturated heterocycles. The topological polar surface area (TPSA) is 56.1 Å². The Bertz CT molecular complexity index is 939. The van der Waals surface area contributed by atoms with Gasteiger partial charge in [-0.2, -0.15) is 0 Å². The molecule has 0 spiro atoms. The molecule has 0 atom stereocenters. The van der Waals surface area contributed by atoms with Crippen LogP contribution in [0.4, 0.5) is 5.69 Å². The van der Waals surface area contributed by atoms with Crippen LogP contribution in [0.3, 0.4) is 0 Å². The molecular weight excluding hydrogens is 397 g/mol. The first-order chi connectivity index (χ1) is 12.5. The highest BCUT2D eigenvalue weighted by Gasteiger charge is 2.12. The van der Waals surface area contributed by atoms with Crippen LogP contribution in [-0.2, 0) is 4.79 Å². The van der Waals surface area contributed by atoms with E-state index in [1.807, 2.05) is 12.1 Å². The van der Waals surface area contributed by atoms with E-state index in [9.17, 15) is 4.79 Å². The van der Waals surface area contributed by atoms with Crippen molar-refractivity contribution < 1.29 is 9.53 Å². The first kappa shape index (κ1) is 18.6. The van der Waals surface area contributed by atoms with Gasteiger partial charge in [-0.25, -0.2) is 4.68 Å². The molecule has 0 fully saturated rings. The Kier molecular flexibility index (Phi) is 5.71. The fourth-order valence-electron chi connectivity index (χ4n) is 2.15. The van der Waals surface area contributed by atoms with Crippen molar-refractivity contribution in [1.82, 2.24) is 9.78 Å². The molecule has 1 heterocycles. The lowest BCUT2D eigenvalue weighted by Crippen LogP contribution is -2.09.